The van der Waals surface area contributed by atoms with E-state index in [1.165, 1.54) is 0 Å². The predicted octanol–water partition coefficient (Wildman–Crippen LogP) is 2.04. The van der Waals surface area contributed by atoms with E-state index in [-0.39, 0.29) is 24.1 Å². The Kier molecular flexibility index (Phi) is 5.76. The molecule has 0 aliphatic carbocycles. The Balaban J connectivity index is 2.12. The van der Waals surface area contributed by atoms with Crippen molar-refractivity contribution in [3.8, 4) is 0 Å². The van der Waals surface area contributed by atoms with E-state index >= 15 is 0 Å². The first-order chi connectivity index (χ1) is 7.24. The van der Waals surface area contributed by atoms with Crippen molar-refractivity contribution in [2.75, 3.05) is 18.1 Å². The smallest absolute Gasteiger partial charge is 0.306 e. The summed E-state index contributed by atoms with van der Waals surface area (Å²) in [5.41, 5.74) is 0. The molecule has 0 radical (unpaired) electrons. The van der Waals surface area contributed by atoms with E-state index in [0.29, 0.717) is 13.0 Å². The second-order valence-corrected chi connectivity index (χ2v) is 4.90. The summed E-state index contributed by atoms with van der Waals surface area (Å²) in [4.78, 5) is 22.7. The van der Waals surface area contributed by atoms with Crippen LogP contribution in [0.15, 0.2) is 0 Å². The zero-order valence-electron chi connectivity index (χ0n) is 9.16. The van der Waals surface area contributed by atoms with E-state index in [4.69, 9.17) is 4.74 Å². The van der Waals surface area contributed by atoms with Crippen LogP contribution in [0.5, 0.6) is 0 Å². The minimum atomic E-state index is -0.240. The quantitative estimate of drug-likeness (QED) is 0.655. The molecule has 1 atom stereocenters. The number of ketones is 1. The average molecular weight is 230 g/mol. The molecule has 15 heavy (non-hydrogen) atoms. The maximum Gasteiger partial charge on any atom is 0.306 e. The Labute approximate surface area is 94.9 Å². The van der Waals surface area contributed by atoms with Crippen molar-refractivity contribution in [1.82, 2.24) is 0 Å². The van der Waals surface area contributed by atoms with Crippen LogP contribution >= 0.6 is 11.8 Å². The molecular formula is C11H18O3S. The molecule has 0 aromatic heterocycles. The third-order valence-corrected chi connectivity index (χ3v) is 3.59. The van der Waals surface area contributed by atoms with Crippen LogP contribution in [0.4, 0.5) is 0 Å². The second-order valence-electron chi connectivity index (χ2n) is 3.75. The average Bonchev–Trinajstić information content (AvgIpc) is 2.76. The highest BCUT2D eigenvalue weighted by molar-refractivity contribution is 7.99. The molecular weight excluding hydrogens is 212 g/mol. The Morgan fingerprint density at radius 1 is 1.40 bits per heavy atom. The summed E-state index contributed by atoms with van der Waals surface area (Å²) in [7, 11) is 0. The fourth-order valence-electron chi connectivity index (χ4n) is 1.51. The van der Waals surface area contributed by atoms with Gasteiger partial charge in [-0.25, -0.2) is 0 Å². The molecule has 3 nitrogen and oxygen atoms in total. The first-order valence-corrected chi connectivity index (χ1v) is 6.65. The molecule has 1 saturated heterocycles. The van der Waals surface area contributed by atoms with Crippen LogP contribution in [-0.2, 0) is 14.3 Å². The monoisotopic (exact) mass is 230 g/mol. The van der Waals surface area contributed by atoms with Gasteiger partial charge in [0.1, 0.15) is 5.78 Å². The van der Waals surface area contributed by atoms with E-state index in [1.807, 2.05) is 18.7 Å². The number of Topliss-reactive ketones (excluding diaryl/α,β-unsaturated/α-hetero) is 1. The number of carbonyl (C=O) groups excluding carboxylic acids is 2. The number of ether oxygens (including phenoxy) is 1. The van der Waals surface area contributed by atoms with Crippen molar-refractivity contribution < 1.29 is 14.3 Å². The summed E-state index contributed by atoms with van der Waals surface area (Å²) in [6.45, 7) is 2.42. The van der Waals surface area contributed by atoms with Crippen LogP contribution in [0.2, 0.25) is 0 Å². The fraction of sp³-hybridized carbons (Fsp3) is 0.818. The molecule has 86 valence electrons. The Bertz CT molecular complexity index is 222. The lowest BCUT2D eigenvalue weighted by Gasteiger charge is -2.06. The standard InChI is InChI=1S/C11H18O3S/c1-2-6-14-11(13)4-3-10(12)9-5-7-15-8-9/h9H,2-8H2,1H3. The fourth-order valence-corrected chi connectivity index (χ4v) is 2.76. The summed E-state index contributed by atoms with van der Waals surface area (Å²) in [5.74, 6) is 2.19. The van der Waals surface area contributed by atoms with E-state index in [9.17, 15) is 9.59 Å². The summed E-state index contributed by atoms with van der Waals surface area (Å²) < 4.78 is 4.91. The zero-order chi connectivity index (χ0) is 11.1. The van der Waals surface area contributed by atoms with Crippen LogP contribution in [0.1, 0.15) is 32.6 Å². The van der Waals surface area contributed by atoms with Crippen LogP contribution in [-0.4, -0.2) is 29.9 Å². The predicted molar refractivity (Wildman–Crippen MR) is 60.9 cm³/mol. The van der Waals surface area contributed by atoms with Gasteiger partial charge < -0.3 is 4.74 Å². The first kappa shape index (κ1) is 12.6. The molecule has 4 heteroatoms. The van der Waals surface area contributed by atoms with E-state index in [2.05, 4.69) is 0 Å². The van der Waals surface area contributed by atoms with Gasteiger partial charge in [-0.05, 0) is 18.6 Å². The molecule has 0 N–H and O–H groups in total. The number of rotatable bonds is 6. The van der Waals surface area contributed by atoms with Crippen molar-refractivity contribution in [1.29, 1.82) is 0 Å². The van der Waals surface area contributed by atoms with Crippen LogP contribution in [0.25, 0.3) is 0 Å². The number of thioether (sulfide) groups is 1. The Hall–Kier alpha value is -0.510. The number of esters is 1. The maximum atomic E-state index is 11.6. The number of hydrogen-bond donors (Lipinski definition) is 0. The molecule has 1 rings (SSSR count). The van der Waals surface area contributed by atoms with Gasteiger partial charge in [-0.2, -0.15) is 11.8 Å². The lowest BCUT2D eigenvalue weighted by atomic mass is 10.00. The third kappa shape index (κ3) is 4.69. The van der Waals surface area contributed by atoms with Gasteiger partial charge in [0.2, 0.25) is 0 Å². The molecule has 1 aliphatic rings. The van der Waals surface area contributed by atoms with Gasteiger partial charge in [-0.15, -0.1) is 0 Å². The molecule has 0 saturated carbocycles. The molecule has 1 unspecified atom stereocenters. The maximum absolute atomic E-state index is 11.6. The van der Waals surface area contributed by atoms with Crippen molar-refractivity contribution in [3.05, 3.63) is 0 Å². The molecule has 1 aliphatic heterocycles. The molecule has 0 amide bonds. The molecule has 0 bridgehead atoms. The Morgan fingerprint density at radius 2 is 2.20 bits per heavy atom. The van der Waals surface area contributed by atoms with Gasteiger partial charge in [0, 0.05) is 18.1 Å². The van der Waals surface area contributed by atoms with E-state index < -0.39 is 0 Å². The lowest BCUT2D eigenvalue weighted by Crippen LogP contribution is -2.16. The second kappa shape index (κ2) is 6.88. The van der Waals surface area contributed by atoms with Crippen molar-refractivity contribution in [3.63, 3.8) is 0 Å². The SMILES string of the molecule is CCCOC(=O)CCC(=O)C1CCSC1. The normalized spacial score (nSPS) is 20.2. The molecule has 0 aromatic carbocycles. The zero-order valence-corrected chi connectivity index (χ0v) is 9.98. The van der Waals surface area contributed by atoms with Gasteiger partial charge in [0.05, 0.1) is 13.0 Å². The van der Waals surface area contributed by atoms with Crippen LogP contribution in [0, 0.1) is 5.92 Å². The van der Waals surface area contributed by atoms with E-state index in [0.717, 1.165) is 24.3 Å². The molecule has 1 heterocycles. The highest BCUT2D eigenvalue weighted by atomic mass is 32.2. The van der Waals surface area contributed by atoms with Crippen LogP contribution < -0.4 is 0 Å². The lowest BCUT2D eigenvalue weighted by molar-refractivity contribution is -0.145. The molecule has 0 aromatic rings. The van der Waals surface area contributed by atoms with Gasteiger partial charge in [-0.1, -0.05) is 6.92 Å². The highest BCUT2D eigenvalue weighted by Gasteiger charge is 2.23. The largest absolute Gasteiger partial charge is 0.466 e. The minimum Gasteiger partial charge on any atom is -0.466 e. The van der Waals surface area contributed by atoms with Crippen molar-refractivity contribution in [2.45, 2.75) is 32.6 Å². The summed E-state index contributed by atoms with van der Waals surface area (Å²) in [6, 6.07) is 0. The van der Waals surface area contributed by atoms with E-state index in [1.54, 1.807) is 0 Å². The topological polar surface area (TPSA) is 43.4 Å². The number of hydrogen-bond acceptors (Lipinski definition) is 4. The van der Waals surface area contributed by atoms with Crippen molar-refractivity contribution >= 4 is 23.5 Å². The van der Waals surface area contributed by atoms with Crippen molar-refractivity contribution in [2.24, 2.45) is 5.92 Å². The molecule has 0 spiro atoms. The Morgan fingerprint density at radius 3 is 2.80 bits per heavy atom. The first-order valence-electron chi connectivity index (χ1n) is 5.50. The van der Waals surface area contributed by atoms with Crippen LogP contribution in [0.3, 0.4) is 0 Å². The van der Waals surface area contributed by atoms with Gasteiger partial charge >= 0.3 is 5.97 Å². The highest BCUT2D eigenvalue weighted by Crippen LogP contribution is 2.25. The minimum absolute atomic E-state index is 0.189. The van der Waals surface area contributed by atoms with Gasteiger partial charge in [0.15, 0.2) is 0 Å². The van der Waals surface area contributed by atoms with Gasteiger partial charge in [0.25, 0.3) is 0 Å². The third-order valence-electron chi connectivity index (χ3n) is 2.43. The summed E-state index contributed by atoms with van der Waals surface area (Å²) in [5, 5.41) is 0. The van der Waals surface area contributed by atoms with Gasteiger partial charge in [-0.3, -0.25) is 9.59 Å². The molecule has 1 fully saturated rings. The summed E-state index contributed by atoms with van der Waals surface area (Å²) in [6.07, 6.45) is 2.42. The summed E-state index contributed by atoms with van der Waals surface area (Å²) >= 11 is 1.82. The number of carbonyl (C=O) groups is 2.